The summed E-state index contributed by atoms with van der Waals surface area (Å²) in [6.45, 7) is 5.93. The number of nitrogens with one attached hydrogen (secondary N) is 1. The predicted octanol–water partition coefficient (Wildman–Crippen LogP) is 0.620. The molecule has 5 nitrogen and oxygen atoms in total. The van der Waals surface area contributed by atoms with E-state index in [0.717, 1.165) is 13.0 Å². The summed E-state index contributed by atoms with van der Waals surface area (Å²) in [4.78, 5) is 11.8. The Morgan fingerprint density at radius 1 is 1.53 bits per heavy atom. The average Bonchev–Trinajstić information content (AvgIpc) is 2.77. The van der Waals surface area contributed by atoms with Crippen LogP contribution in [0.1, 0.15) is 20.3 Å². The number of nitrogens with zero attached hydrogens (tertiary/aromatic N) is 2. The molecule has 0 spiro atoms. The summed E-state index contributed by atoms with van der Waals surface area (Å²) >= 11 is 0. The van der Waals surface area contributed by atoms with Crippen molar-refractivity contribution < 1.29 is 4.79 Å². The molecule has 1 aromatic rings. The van der Waals surface area contributed by atoms with Crippen LogP contribution in [0.3, 0.4) is 0 Å². The zero-order valence-corrected chi connectivity index (χ0v) is 10.6. The predicted molar refractivity (Wildman–Crippen MR) is 67.2 cm³/mol. The Kier molecular flexibility index (Phi) is 5.69. The fraction of sp³-hybridized carbons (Fsp3) is 0.667. The Balaban J connectivity index is 2.19. The second-order valence-corrected chi connectivity index (χ2v) is 4.50. The van der Waals surface area contributed by atoms with E-state index in [2.05, 4.69) is 10.4 Å². The lowest BCUT2D eigenvalue weighted by atomic mass is 9.95. The van der Waals surface area contributed by atoms with Gasteiger partial charge in [0.15, 0.2) is 0 Å². The Bertz CT molecular complexity index is 321. The van der Waals surface area contributed by atoms with Crippen molar-refractivity contribution in [1.29, 1.82) is 0 Å². The normalized spacial score (nSPS) is 12.7. The fourth-order valence-corrected chi connectivity index (χ4v) is 1.70. The van der Waals surface area contributed by atoms with Gasteiger partial charge in [0.05, 0.1) is 5.92 Å². The lowest BCUT2D eigenvalue weighted by Crippen LogP contribution is -2.38. The third-order valence-corrected chi connectivity index (χ3v) is 2.82. The molecule has 5 heteroatoms. The van der Waals surface area contributed by atoms with Crippen molar-refractivity contribution in [1.82, 2.24) is 15.1 Å². The van der Waals surface area contributed by atoms with Gasteiger partial charge in [0.25, 0.3) is 0 Å². The standard InChI is InChI=1S/C12H22N4O/c1-10(2)11(9-13)12(17)14-5-3-7-16-8-4-6-15-16/h4,6,8,10-11H,3,5,7,9,13H2,1-2H3,(H,14,17). The van der Waals surface area contributed by atoms with Crippen molar-refractivity contribution >= 4 is 5.91 Å². The molecular formula is C12H22N4O. The summed E-state index contributed by atoms with van der Waals surface area (Å²) in [7, 11) is 0. The number of nitrogens with two attached hydrogens (primary N) is 1. The molecule has 0 aliphatic heterocycles. The number of carbonyl (C=O) groups is 1. The van der Waals surface area contributed by atoms with E-state index in [1.165, 1.54) is 0 Å². The quantitative estimate of drug-likeness (QED) is 0.684. The Morgan fingerprint density at radius 2 is 2.29 bits per heavy atom. The van der Waals surface area contributed by atoms with Gasteiger partial charge in [-0.3, -0.25) is 9.48 Å². The van der Waals surface area contributed by atoms with Gasteiger partial charge < -0.3 is 11.1 Å². The van der Waals surface area contributed by atoms with Crippen molar-refractivity contribution in [3.05, 3.63) is 18.5 Å². The molecule has 0 bridgehead atoms. The van der Waals surface area contributed by atoms with Crippen LogP contribution < -0.4 is 11.1 Å². The summed E-state index contributed by atoms with van der Waals surface area (Å²) in [5, 5.41) is 7.01. The van der Waals surface area contributed by atoms with Gasteiger partial charge >= 0.3 is 0 Å². The molecule has 1 heterocycles. The Hall–Kier alpha value is -1.36. The fourth-order valence-electron chi connectivity index (χ4n) is 1.70. The molecule has 1 aromatic heterocycles. The third-order valence-electron chi connectivity index (χ3n) is 2.82. The number of hydrogen-bond acceptors (Lipinski definition) is 3. The van der Waals surface area contributed by atoms with Crippen LogP contribution in [0.2, 0.25) is 0 Å². The zero-order valence-electron chi connectivity index (χ0n) is 10.6. The smallest absolute Gasteiger partial charge is 0.224 e. The largest absolute Gasteiger partial charge is 0.356 e. The number of aryl methyl sites for hydroxylation is 1. The summed E-state index contributed by atoms with van der Waals surface area (Å²) in [6, 6.07) is 1.89. The summed E-state index contributed by atoms with van der Waals surface area (Å²) in [5.41, 5.74) is 5.58. The van der Waals surface area contributed by atoms with Gasteiger partial charge in [-0.25, -0.2) is 0 Å². The first-order valence-corrected chi connectivity index (χ1v) is 6.10. The maximum absolute atomic E-state index is 11.8. The molecule has 1 unspecified atom stereocenters. The first-order valence-electron chi connectivity index (χ1n) is 6.10. The van der Waals surface area contributed by atoms with Crippen molar-refractivity contribution in [3.8, 4) is 0 Å². The number of aromatic nitrogens is 2. The molecule has 3 N–H and O–H groups in total. The molecule has 1 atom stereocenters. The summed E-state index contributed by atoms with van der Waals surface area (Å²) < 4.78 is 1.86. The van der Waals surface area contributed by atoms with Gasteiger partial charge in [-0.05, 0) is 18.4 Å². The van der Waals surface area contributed by atoms with E-state index in [4.69, 9.17) is 5.73 Å². The minimum Gasteiger partial charge on any atom is -0.356 e. The molecule has 0 radical (unpaired) electrons. The van der Waals surface area contributed by atoms with Crippen molar-refractivity contribution in [2.24, 2.45) is 17.6 Å². The van der Waals surface area contributed by atoms with Crippen LogP contribution in [-0.2, 0) is 11.3 Å². The second-order valence-electron chi connectivity index (χ2n) is 4.50. The lowest BCUT2D eigenvalue weighted by Gasteiger charge is -2.18. The Morgan fingerprint density at radius 3 is 2.82 bits per heavy atom. The van der Waals surface area contributed by atoms with Gasteiger partial charge in [0.2, 0.25) is 5.91 Å². The number of amides is 1. The van der Waals surface area contributed by atoms with Crippen molar-refractivity contribution in [2.45, 2.75) is 26.8 Å². The highest BCUT2D eigenvalue weighted by atomic mass is 16.1. The van der Waals surface area contributed by atoms with E-state index >= 15 is 0 Å². The molecule has 0 aliphatic carbocycles. The minimum atomic E-state index is -0.0836. The maximum atomic E-state index is 11.8. The van der Waals surface area contributed by atoms with Crippen LogP contribution >= 0.6 is 0 Å². The molecule has 0 saturated heterocycles. The number of rotatable bonds is 7. The minimum absolute atomic E-state index is 0.0583. The molecule has 96 valence electrons. The van der Waals surface area contributed by atoms with Crippen LogP contribution in [-0.4, -0.2) is 28.8 Å². The SMILES string of the molecule is CC(C)C(CN)C(=O)NCCCn1cccn1. The van der Waals surface area contributed by atoms with E-state index in [1.54, 1.807) is 6.20 Å². The molecule has 1 amide bonds. The molecule has 0 fully saturated rings. The first kappa shape index (κ1) is 13.7. The molecule has 0 aliphatic rings. The van der Waals surface area contributed by atoms with Crippen LogP contribution in [0.15, 0.2) is 18.5 Å². The highest BCUT2D eigenvalue weighted by Gasteiger charge is 2.19. The molecule has 17 heavy (non-hydrogen) atoms. The van der Waals surface area contributed by atoms with Crippen molar-refractivity contribution in [2.75, 3.05) is 13.1 Å². The Labute approximate surface area is 102 Å². The van der Waals surface area contributed by atoms with E-state index in [1.807, 2.05) is 30.8 Å². The van der Waals surface area contributed by atoms with Gasteiger partial charge in [0, 0.05) is 32.0 Å². The molecular weight excluding hydrogens is 216 g/mol. The van der Waals surface area contributed by atoms with Gasteiger partial charge in [-0.2, -0.15) is 5.10 Å². The summed E-state index contributed by atoms with van der Waals surface area (Å²) in [6.07, 6.45) is 4.54. The van der Waals surface area contributed by atoms with Gasteiger partial charge in [-0.15, -0.1) is 0 Å². The third kappa shape index (κ3) is 4.56. The van der Waals surface area contributed by atoms with Crippen molar-refractivity contribution in [3.63, 3.8) is 0 Å². The van der Waals surface area contributed by atoms with Crippen LogP contribution in [0.5, 0.6) is 0 Å². The van der Waals surface area contributed by atoms with E-state index in [0.29, 0.717) is 13.1 Å². The van der Waals surface area contributed by atoms with E-state index in [9.17, 15) is 4.79 Å². The molecule has 1 rings (SSSR count). The highest BCUT2D eigenvalue weighted by Crippen LogP contribution is 2.08. The van der Waals surface area contributed by atoms with Crippen LogP contribution in [0.4, 0.5) is 0 Å². The summed E-state index contributed by atoms with van der Waals surface area (Å²) in [5.74, 6) is 0.258. The maximum Gasteiger partial charge on any atom is 0.224 e. The van der Waals surface area contributed by atoms with Gasteiger partial charge in [0.1, 0.15) is 0 Å². The van der Waals surface area contributed by atoms with Crippen LogP contribution in [0.25, 0.3) is 0 Å². The monoisotopic (exact) mass is 238 g/mol. The van der Waals surface area contributed by atoms with E-state index < -0.39 is 0 Å². The average molecular weight is 238 g/mol. The molecule has 0 aromatic carbocycles. The first-order chi connectivity index (χ1) is 8.15. The zero-order chi connectivity index (χ0) is 12.7. The van der Waals surface area contributed by atoms with Crippen LogP contribution in [0, 0.1) is 11.8 Å². The number of hydrogen-bond donors (Lipinski definition) is 2. The lowest BCUT2D eigenvalue weighted by molar-refractivity contribution is -0.125. The highest BCUT2D eigenvalue weighted by molar-refractivity contribution is 5.79. The topological polar surface area (TPSA) is 72.9 Å². The second kappa shape index (κ2) is 7.06. The van der Waals surface area contributed by atoms with Gasteiger partial charge in [-0.1, -0.05) is 13.8 Å². The number of carbonyl (C=O) groups excluding carboxylic acids is 1. The van der Waals surface area contributed by atoms with E-state index in [-0.39, 0.29) is 17.7 Å². The molecule has 0 saturated carbocycles.